The minimum Gasteiger partial charge on any atom is -0.492 e. The molecular weight excluding hydrogens is 394 g/mol. The third kappa shape index (κ3) is 2.55. The second kappa shape index (κ2) is 6.04. The molecule has 5 aromatic rings. The van der Waals surface area contributed by atoms with E-state index in [-0.39, 0.29) is 5.41 Å². The third-order valence-electron chi connectivity index (χ3n) is 5.83. The second-order valence-electron chi connectivity index (χ2n) is 8.77. The van der Waals surface area contributed by atoms with Gasteiger partial charge < -0.3 is 4.74 Å². The lowest BCUT2D eigenvalue weighted by atomic mass is 9.84. The standard InChI is InChI=1S/C25H21NOS2/c1-25(2,3)17-13-16(12-15-8-11-28-24(15)17)22-20-19(6-9-26-22)29-18-5-4-14-7-10-27-23(14)21(18)20/h4-6,8-9,11-13H,7,10H2,1-3H3. The number of rotatable bonds is 1. The maximum atomic E-state index is 6.09. The van der Waals surface area contributed by atoms with Crippen LogP contribution in [0.4, 0.5) is 0 Å². The molecule has 1 aliphatic rings. The van der Waals surface area contributed by atoms with Gasteiger partial charge in [0.05, 0.1) is 12.3 Å². The van der Waals surface area contributed by atoms with Crippen LogP contribution in [-0.2, 0) is 11.8 Å². The summed E-state index contributed by atoms with van der Waals surface area (Å²) in [7, 11) is 0. The summed E-state index contributed by atoms with van der Waals surface area (Å²) < 4.78 is 10.0. The Morgan fingerprint density at radius 3 is 2.72 bits per heavy atom. The zero-order chi connectivity index (χ0) is 19.8. The van der Waals surface area contributed by atoms with Gasteiger partial charge in [0.2, 0.25) is 0 Å². The molecule has 0 saturated carbocycles. The lowest BCUT2D eigenvalue weighted by molar-refractivity contribution is 0.360. The predicted octanol–water partition coefficient (Wildman–Crippen LogP) is 7.56. The Labute approximate surface area is 177 Å². The fourth-order valence-corrected chi connectivity index (χ4v) is 6.64. The molecule has 4 heterocycles. The van der Waals surface area contributed by atoms with E-state index in [1.807, 2.05) is 28.9 Å². The van der Waals surface area contributed by atoms with E-state index >= 15 is 0 Å². The SMILES string of the molecule is CC(C)(C)c1cc(-c2nccc3sc4ccc5c(c4c23)OCC5)cc2ccsc12. The van der Waals surface area contributed by atoms with Gasteiger partial charge in [-0.25, -0.2) is 0 Å². The first-order chi connectivity index (χ1) is 14.0. The minimum absolute atomic E-state index is 0.0775. The Hall–Kier alpha value is -2.43. The van der Waals surface area contributed by atoms with Gasteiger partial charge in [0.15, 0.2) is 0 Å². The molecule has 0 amide bonds. The summed E-state index contributed by atoms with van der Waals surface area (Å²) >= 11 is 3.66. The van der Waals surface area contributed by atoms with Crippen molar-refractivity contribution in [1.82, 2.24) is 4.98 Å². The van der Waals surface area contributed by atoms with Gasteiger partial charge in [-0.15, -0.1) is 22.7 Å². The largest absolute Gasteiger partial charge is 0.492 e. The molecule has 144 valence electrons. The molecule has 4 heteroatoms. The van der Waals surface area contributed by atoms with Crippen LogP contribution >= 0.6 is 22.7 Å². The zero-order valence-electron chi connectivity index (χ0n) is 16.7. The van der Waals surface area contributed by atoms with Gasteiger partial charge in [-0.05, 0) is 57.6 Å². The first-order valence-electron chi connectivity index (χ1n) is 9.99. The highest BCUT2D eigenvalue weighted by Crippen LogP contribution is 2.47. The van der Waals surface area contributed by atoms with Gasteiger partial charge >= 0.3 is 0 Å². The molecule has 0 fully saturated rings. The number of pyridine rings is 1. The Morgan fingerprint density at radius 2 is 1.86 bits per heavy atom. The van der Waals surface area contributed by atoms with Gasteiger partial charge in [-0.2, -0.15) is 0 Å². The van der Waals surface area contributed by atoms with Gasteiger partial charge in [0, 0.05) is 43.1 Å². The Kier molecular flexibility index (Phi) is 3.63. The molecule has 0 radical (unpaired) electrons. The Morgan fingerprint density at radius 1 is 1.00 bits per heavy atom. The molecule has 0 bridgehead atoms. The van der Waals surface area contributed by atoms with Crippen LogP contribution in [0.25, 0.3) is 41.5 Å². The maximum absolute atomic E-state index is 6.09. The highest BCUT2D eigenvalue weighted by Gasteiger charge is 2.23. The number of thiophene rings is 2. The summed E-state index contributed by atoms with van der Waals surface area (Å²) in [5, 5.41) is 5.97. The normalized spacial score (nSPS) is 14.0. The van der Waals surface area contributed by atoms with Crippen LogP contribution in [0.15, 0.2) is 48.0 Å². The molecule has 0 spiro atoms. The van der Waals surface area contributed by atoms with E-state index in [4.69, 9.17) is 9.72 Å². The van der Waals surface area contributed by atoms with Crippen LogP contribution in [0.5, 0.6) is 5.75 Å². The summed E-state index contributed by atoms with van der Waals surface area (Å²) in [6, 6.07) is 13.5. The monoisotopic (exact) mass is 415 g/mol. The highest BCUT2D eigenvalue weighted by molar-refractivity contribution is 7.26. The van der Waals surface area contributed by atoms with Crippen LogP contribution in [0.3, 0.4) is 0 Å². The van der Waals surface area contributed by atoms with E-state index in [1.54, 1.807) is 0 Å². The molecule has 2 nitrogen and oxygen atoms in total. The topological polar surface area (TPSA) is 22.1 Å². The molecule has 29 heavy (non-hydrogen) atoms. The van der Waals surface area contributed by atoms with Gasteiger partial charge in [0.25, 0.3) is 0 Å². The average Bonchev–Trinajstić information content (AvgIpc) is 3.41. The fraction of sp³-hybridized carbons (Fsp3) is 0.240. The van der Waals surface area contributed by atoms with E-state index in [0.29, 0.717) is 0 Å². The summed E-state index contributed by atoms with van der Waals surface area (Å²) in [6.07, 6.45) is 2.94. The molecule has 2 aromatic carbocycles. The van der Waals surface area contributed by atoms with E-state index in [2.05, 4.69) is 62.5 Å². The zero-order valence-corrected chi connectivity index (χ0v) is 18.3. The van der Waals surface area contributed by atoms with Crippen molar-refractivity contribution in [3.05, 3.63) is 59.1 Å². The van der Waals surface area contributed by atoms with Crippen LogP contribution in [0, 0.1) is 0 Å². The molecule has 0 atom stereocenters. The lowest BCUT2D eigenvalue weighted by Crippen LogP contribution is -2.11. The first-order valence-corrected chi connectivity index (χ1v) is 11.7. The van der Waals surface area contributed by atoms with Gasteiger partial charge in [-0.1, -0.05) is 26.8 Å². The lowest BCUT2D eigenvalue weighted by Gasteiger charge is -2.21. The van der Waals surface area contributed by atoms with Crippen LogP contribution in [0.1, 0.15) is 31.9 Å². The predicted molar refractivity (Wildman–Crippen MR) is 126 cm³/mol. The summed E-state index contributed by atoms with van der Waals surface area (Å²) in [5.74, 6) is 1.07. The summed E-state index contributed by atoms with van der Waals surface area (Å²) in [6.45, 7) is 7.65. The fourth-order valence-electron chi connectivity index (χ4n) is 4.44. The van der Waals surface area contributed by atoms with Crippen molar-refractivity contribution >= 4 is 52.9 Å². The van der Waals surface area contributed by atoms with Crippen molar-refractivity contribution in [2.45, 2.75) is 32.6 Å². The summed E-state index contributed by atoms with van der Waals surface area (Å²) in [5.41, 5.74) is 5.04. The van der Waals surface area contributed by atoms with Crippen molar-refractivity contribution in [3.63, 3.8) is 0 Å². The molecular formula is C25H21NOS2. The Bertz CT molecular complexity index is 1420. The number of benzene rings is 2. The van der Waals surface area contributed by atoms with Gasteiger partial charge in [-0.3, -0.25) is 4.98 Å². The second-order valence-corrected chi connectivity index (χ2v) is 10.8. The molecule has 6 rings (SSSR count). The van der Waals surface area contributed by atoms with Crippen LogP contribution < -0.4 is 4.74 Å². The maximum Gasteiger partial charge on any atom is 0.132 e. The number of hydrogen-bond acceptors (Lipinski definition) is 4. The Balaban J connectivity index is 1.73. The minimum atomic E-state index is 0.0775. The van der Waals surface area contributed by atoms with Crippen molar-refractivity contribution in [2.75, 3.05) is 6.61 Å². The quantitative estimate of drug-likeness (QED) is 0.282. The van der Waals surface area contributed by atoms with Crippen molar-refractivity contribution in [1.29, 1.82) is 0 Å². The van der Waals surface area contributed by atoms with Crippen molar-refractivity contribution < 1.29 is 4.74 Å². The van der Waals surface area contributed by atoms with Crippen LogP contribution in [0.2, 0.25) is 0 Å². The number of nitrogens with zero attached hydrogens (tertiary/aromatic N) is 1. The van der Waals surface area contributed by atoms with E-state index in [9.17, 15) is 0 Å². The van der Waals surface area contributed by atoms with Crippen LogP contribution in [-0.4, -0.2) is 11.6 Å². The van der Waals surface area contributed by atoms with Crippen molar-refractivity contribution in [3.8, 4) is 17.0 Å². The molecule has 0 saturated heterocycles. The number of ether oxygens (including phenoxy) is 1. The van der Waals surface area contributed by atoms with E-state index < -0.39 is 0 Å². The highest BCUT2D eigenvalue weighted by atomic mass is 32.1. The number of aromatic nitrogens is 1. The van der Waals surface area contributed by atoms with E-state index in [1.165, 1.54) is 46.9 Å². The molecule has 3 aromatic heterocycles. The average molecular weight is 416 g/mol. The molecule has 0 aliphatic carbocycles. The van der Waals surface area contributed by atoms with Crippen molar-refractivity contribution in [2.24, 2.45) is 0 Å². The third-order valence-corrected chi connectivity index (χ3v) is 7.92. The molecule has 0 N–H and O–H groups in total. The van der Waals surface area contributed by atoms with Gasteiger partial charge in [0.1, 0.15) is 5.75 Å². The van der Waals surface area contributed by atoms with E-state index in [0.717, 1.165) is 24.5 Å². The molecule has 0 unspecified atom stereocenters. The smallest absolute Gasteiger partial charge is 0.132 e. The number of fused-ring (bicyclic) bond motifs is 6. The number of hydrogen-bond donors (Lipinski definition) is 0. The first kappa shape index (κ1) is 17.4. The molecule has 1 aliphatic heterocycles. The summed E-state index contributed by atoms with van der Waals surface area (Å²) in [4.78, 5) is 4.89.